The molecule has 142 valence electrons. The van der Waals surface area contributed by atoms with Gasteiger partial charge in [-0.15, -0.1) is 11.3 Å². The first-order valence-corrected chi connectivity index (χ1v) is 10.9. The molecule has 3 heterocycles. The second-order valence-electron chi connectivity index (χ2n) is 6.52. The van der Waals surface area contributed by atoms with Gasteiger partial charge < -0.3 is 4.52 Å². The first-order valence-electron chi connectivity index (χ1n) is 8.59. The number of hydrogen-bond acceptors (Lipinski definition) is 6. The predicted octanol–water partition coefficient (Wildman–Crippen LogP) is 3.81. The highest BCUT2D eigenvalue weighted by molar-refractivity contribution is 7.89. The van der Waals surface area contributed by atoms with Crippen LogP contribution < -0.4 is 0 Å². The number of benzene rings is 1. The fourth-order valence-electron chi connectivity index (χ4n) is 3.24. The molecule has 0 radical (unpaired) electrons. The molecular formula is C18H18FN3O3S2. The molecule has 0 amide bonds. The fraction of sp³-hybridized carbons (Fsp3) is 0.333. The van der Waals surface area contributed by atoms with Gasteiger partial charge in [0.25, 0.3) is 0 Å². The van der Waals surface area contributed by atoms with Gasteiger partial charge >= 0.3 is 0 Å². The van der Waals surface area contributed by atoms with Gasteiger partial charge in [0, 0.05) is 19.0 Å². The van der Waals surface area contributed by atoms with E-state index in [1.807, 2.05) is 17.5 Å². The Bertz CT molecular complexity index is 1040. The molecule has 6 nitrogen and oxygen atoms in total. The van der Waals surface area contributed by atoms with E-state index < -0.39 is 15.8 Å². The lowest BCUT2D eigenvalue weighted by Crippen LogP contribution is -2.38. The standard InChI is InChI=1S/C18H18FN3O3S2/c1-12-4-5-14(19)11-16(12)27(23,24)22-8-6-13(7-9-22)18-20-17(21-25-18)15-3-2-10-26-15/h2-5,10-11,13H,6-9H2,1H3. The highest BCUT2D eigenvalue weighted by Crippen LogP contribution is 2.32. The second kappa shape index (κ2) is 7.14. The summed E-state index contributed by atoms with van der Waals surface area (Å²) in [5.74, 6) is 0.565. The summed E-state index contributed by atoms with van der Waals surface area (Å²) in [5, 5.41) is 5.97. The minimum Gasteiger partial charge on any atom is -0.339 e. The van der Waals surface area contributed by atoms with E-state index in [9.17, 15) is 12.8 Å². The van der Waals surface area contributed by atoms with E-state index in [1.54, 1.807) is 6.92 Å². The van der Waals surface area contributed by atoms with Crippen molar-refractivity contribution in [2.45, 2.75) is 30.6 Å². The summed E-state index contributed by atoms with van der Waals surface area (Å²) in [6.45, 7) is 2.34. The van der Waals surface area contributed by atoms with Crippen molar-refractivity contribution in [1.82, 2.24) is 14.4 Å². The van der Waals surface area contributed by atoms with Crippen molar-refractivity contribution in [2.75, 3.05) is 13.1 Å². The van der Waals surface area contributed by atoms with Crippen LogP contribution >= 0.6 is 11.3 Å². The van der Waals surface area contributed by atoms with Crippen LogP contribution in [-0.2, 0) is 10.0 Å². The summed E-state index contributed by atoms with van der Waals surface area (Å²) in [5.41, 5.74) is 0.538. The van der Waals surface area contributed by atoms with Crippen LogP contribution in [0.3, 0.4) is 0 Å². The van der Waals surface area contributed by atoms with Crippen LogP contribution in [0.4, 0.5) is 4.39 Å². The third kappa shape index (κ3) is 3.54. The number of rotatable bonds is 4. The van der Waals surface area contributed by atoms with Crippen LogP contribution in [0.2, 0.25) is 0 Å². The zero-order valence-electron chi connectivity index (χ0n) is 14.6. The van der Waals surface area contributed by atoms with Gasteiger partial charge in [-0.25, -0.2) is 12.8 Å². The van der Waals surface area contributed by atoms with Crippen molar-refractivity contribution < 1.29 is 17.3 Å². The second-order valence-corrected chi connectivity index (χ2v) is 9.38. The Morgan fingerprint density at radius 1 is 1.26 bits per heavy atom. The molecule has 0 unspecified atom stereocenters. The van der Waals surface area contributed by atoms with E-state index in [0.717, 1.165) is 10.9 Å². The van der Waals surface area contributed by atoms with Crippen molar-refractivity contribution in [3.05, 3.63) is 53.0 Å². The molecule has 3 aromatic rings. The summed E-state index contributed by atoms with van der Waals surface area (Å²) in [4.78, 5) is 5.43. The van der Waals surface area contributed by atoms with Crippen LogP contribution in [0.25, 0.3) is 10.7 Å². The van der Waals surface area contributed by atoms with Crippen LogP contribution in [0, 0.1) is 12.7 Å². The molecule has 9 heteroatoms. The summed E-state index contributed by atoms with van der Waals surface area (Å²) in [6, 6.07) is 7.69. The Labute approximate surface area is 160 Å². The van der Waals surface area contributed by atoms with Gasteiger partial charge in [0.2, 0.25) is 21.7 Å². The molecule has 1 saturated heterocycles. The number of hydrogen-bond donors (Lipinski definition) is 0. The maximum atomic E-state index is 13.5. The summed E-state index contributed by atoms with van der Waals surface area (Å²) in [6.07, 6.45) is 1.17. The van der Waals surface area contributed by atoms with Crippen molar-refractivity contribution in [3.8, 4) is 10.7 Å². The molecule has 0 saturated carbocycles. The number of aryl methyl sites for hydroxylation is 1. The SMILES string of the molecule is Cc1ccc(F)cc1S(=O)(=O)N1CCC(c2nc(-c3cccs3)no2)CC1. The van der Waals surface area contributed by atoms with Gasteiger partial charge in [-0.1, -0.05) is 17.3 Å². The Morgan fingerprint density at radius 2 is 2.04 bits per heavy atom. The van der Waals surface area contributed by atoms with Crippen LogP contribution in [0.5, 0.6) is 0 Å². The zero-order chi connectivity index (χ0) is 19.0. The van der Waals surface area contributed by atoms with E-state index in [1.165, 1.54) is 27.8 Å². The summed E-state index contributed by atoms with van der Waals surface area (Å²) in [7, 11) is -3.72. The van der Waals surface area contributed by atoms with E-state index in [2.05, 4.69) is 10.1 Å². The van der Waals surface area contributed by atoms with Gasteiger partial charge in [-0.2, -0.15) is 9.29 Å². The van der Waals surface area contributed by atoms with Crippen LogP contribution in [0.1, 0.15) is 30.2 Å². The van der Waals surface area contributed by atoms with Crippen LogP contribution in [-0.4, -0.2) is 36.0 Å². The van der Waals surface area contributed by atoms with E-state index in [-0.39, 0.29) is 10.8 Å². The number of thiophene rings is 1. The first-order chi connectivity index (χ1) is 12.9. The number of piperidine rings is 1. The normalized spacial score (nSPS) is 16.7. The molecule has 0 aliphatic carbocycles. The van der Waals surface area contributed by atoms with Gasteiger partial charge in [0.1, 0.15) is 5.82 Å². The molecule has 0 atom stereocenters. The van der Waals surface area contributed by atoms with Gasteiger partial charge in [-0.3, -0.25) is 0 Å². The topological polar surface area (TPSA) is 76.3 Å². The first kappa shape index (κ1) is 18.3. The Hall–Kier alpha value is -2.10. The number of nitrogens with zero attached hydrogens (tertiary/aromatic N) is 3. The largest absolute Gasteiger partial charge is 0.339 e. The maximum Gasteiger partial charge on any atom is 0.243 e. The summed E-state index contributed by atoms with van der Waals surface area (Å²) >= 11 is 1.54. The highest BCUT2D eigenvalue weighted by atomic mass is 32.2. The van der Waals surface area contributed by atoms with E-state index in [0.29, 0.717) is 43.2 Å². The van der Waals surface area contributed by atoms with Crippen molar-refractivity contribution in [2.24, 2.45) is 0 Å². The van der Waals surface area contributed by atoms with Crippen LogP contribution in [0.15, 0.2) is 45.1 Å². The average molecular weight is 407 g/mol. The van der Waals surface area contributed by atoms with Gasteiger partial charge in [-0.05, 0) is 48.9 Å². The van der Waals surface area contributed by atoms with E-state index >= 15 is 0 Å². The average Bonchev–Trinajstić information content (AvgIpc) is 3.35. The van der Waals surface area contributed by atoms with E-state index in [4.69, 9.17) is 4.52 Å². The zero-order valence-corrected chi connectivity index (χ0v) is 16.3. The molecular weight excluding hydrogens is 389 g/mol. The predicted molar refractivity (Wildman–Crippen MR) is 99.5 cm³/mol. The third-order valence-corrected chi connectivity index (χ3v) is 7.66. The molecule has 27 heavy (non-hydrogen) atoms. The summed E-state index contributed by atoms with van der Waals surface area (Å²) < 4.78 is 46.1. The third-order valence-electron chi connectivity index (χ3n) is 4.75. The van der Waals surface area contributed by atoms with Gasteiger partial charge in [0.15, 0.2) is 0 Å². The molecule has 4 rings (SSSR count). The Balaban J connectivity index is 1.48. The molecule has 1 aromatic carbocycles. The molecule has 1 fully saturated rings. The smallest absolute Gasteiger partial charge is 0.243 e. The van der Waals surface area contributed by atoms with Crippen molar-refractivity contribution in [1.29, 1.82) is 0 Å². The fourth-order valence-corrected chi connectivity index (χ4v) is 5.60. The molecule has 1 aliphatic rings. The number of sulfonamides is 1. The quantitative estimate of drug-likeness (QED) is 0.657. The molecule has 0 N–H and O–H groups in total. The lowest BCUT2D eigenvalue weighted by atomic mass is 9.98. The Kier molecular flexibility index (Phi) is 4.83. The number of aromatic nitrogens is 2. The maximum absolute atomic E-state index is 13.5. The Morgan fingerprint density at radius 3 is 2.74 bits per heavy atom. The monoisotopic (exact) mass is 407 g/mol. The highest BCUT2D eigenvalue weighted by Gasteiger charge is 2.33. The lowest BCUT2D eigenvalue weighted by molar-refractivity contribution is 0.270. The minimum atomic E-state index is -3.72. The van der Waals surface area contributed by atoms with Gasteiger partial charge in [0.05, 0.1) is 9.77 Å². The molecule has 2 aromatic heterocycles. The van der Waals surface area contributed by atoms with Crippen molar-refractivity contribution >= 4 is 21.4 Å². The van der Waals surface area contributed by atoms with Crippen molar-refractivity contribution in [3.63, 3.8) is 0 Å². The molecule has 0 bridgehead atoms. The lowest BCUT2D eigenvalue weighted by Gasteiger charge is -2.30. The number of halogens is 1. The molecule has 1 aliphatic heterocycles. The minimum absolute atomic E-state index is 0.0197. The molecule has 0 spiro atoms.